The molecule has 0 N–H and O–H groups in total. The molecule has 0 saturated heterocycles. The van der Waals surface area contributed by atoms with Crippen molar-refractivity contribution < 1.29 is 8.91 Å². The lowest BCUT2D eigenvalue weighted by molar-refractivity contribution is 0.420. The highest BCUT2D eigenvalue weighted by molar-refractivity contribution is 5.57. The number of rotatable bonds is 3. The van der Waals surface area contributed by atoms with Gasteiger partial charge in [-0.2, -0.15) is 19.7 Å². The molecule has 0 aliphatic heterocycles. The zero-order valence-corrected chi connectivity index (χ0v) is 10.9. The fourth-order valence-electron chi connectivity index (χ4n) is 1.81. The Morgan fingerprint density at radius 2 is 2.14 bits per heavy atom. The molecule has 0 aliphatic carbocycles. The summed E-state index contributed by atoms with van der Waals surface area (Å²) in [5, 5.41) is 16.3. The van der Waals surface area contributed by atoms with Gasteiger partial charge in [0.25, 0.3) is 5.89 Å². The summed E-state index contributed by atoms with van der Waals surface area (Å²) >= 11 is 0. The largest absolute Gasteiger partial charge is 0.334 e. The van der Waals surface area contributed by atoms with Crippen molar-refractivity contribution in [3.05, 3.63) is 36.2 Å². The van der Waals surface area contributed by atoms with Crippen LogP contribution in [0.2, 0.25) is 0 Å². The Morgan fingerprint density at radius 3 is 2.86 bits per heavy atom. The van der Waals surface area contributed by atoms with Gasteiger partial charge in [0.1, 0.15) is 17.6 Å². The van der Waals surface area contributed by atoms with Gasteiger partial charge in [-0.25, -0.2) is 14.6 Å². The molecule has 104 valence electrons. The Labute approximate surface area is 117 Å². The summed E-state index contributed by atoms with van der Waals surface area (Å²) in [6.07, 6.45) is 4.19. The van der Waals surface area contributed by atoms with Crippen LogP contribution in [0.25, 0.3) is 17.1 Å². The van der Waals surface area contributed by atoms with Gasteiger partial charge in [-0.15, -0.1) is 0 Å². The van der Waals surface area contributed by atoms with Crippen LogP contribution in [-0.4, -0.2) is 29.9 Å². The maximum atomic E-state index is 14.5. The Bertz CT molecular complexity index is 818. The number of nitrogens with zero attached hydrogens (tertiary/aromatic N) is 7. The molecule has 8 nitrogen and oxygen atoms in total. The van der Waals surface area contributed by atoms with E-state index in [2.05, 4.69) is 25.2 Å². The number of aryl methyl sites for hydroxylation is 1. The SMILES string of the molecule is Cc1nn(-c2cncnc2)c(F)c1-c1nc(CC#N)no1. The third kappa shape index (κ3) is 2.23. The average Bonchev–Trinajstić information content (AvgIpc) is 3.05. The van der Waals surface area contributed by atoms with Gasteiger partial charge in [0.05, 0.1) is 30.6 Å². The van der Waals surface area contributed by atoms with Crippen molar-refractivity contribution in [1.82, 2.24) is 29.9 Å². The predicted molar refractivity (Wildman–Crippen MR) is 66.5 cm³/mol. The fourth-order valence-corrected chi connectivity index (χ4v) is 1.81. The minimum absolute atomic E-state index is 0.00910. The molecule has 0 amide bonds. The molecule has 3 heterocycles. The molecule has 0 atom stereocenters. The zero-order valence-electron chi connectivity index (χ0n) is 10.9. The molecule has 0 fully saturated rings. The van der Waals surface area contributed by atoms with Gasteiger partial charge >= 0.3 is 0 Å². The van der Waals surface area contributed by atoms with Crippen molar-refractivity contribution >= 4 is 0 Å². The summed E-state index contributed by atoms with van der Waals surface area (Å²) in [6, 6.07) is 1.89. The summed E-state index contributed by atoms with van der Waals surface area (Å²) in [6.45, 7) is 1.62. The van der Waals surface area contributed by atoms with E-state index in [0.717, 1.165) is 4.68 Å². The van der Waals surface area contributed by atoms with Gasteiger partial charge < -0.3 is 4.52 Å². The van der Waals surface area contributed by atoms with Gasteiger partial charge in [-0.1, -0.05) is 5.16 Å². The predicted octanol–water partition coefficient (Wildman–Crippen LogP) is 1.23. The Morgan fingerprint density at radius 1 is 1.38 bits per heavy atom. The number of hydrogen-bond donors (Lipinski definition) is 0. The van der Waals surface area contributed by atoms with Crippen LogP contribution in [0.3, 0.4) is 0 Å². The van der Waals surface area contributed by atoms with Crippen molar-refractivity contribution in [2.75, 3.05) is 0 Å². The lowest BCUT2D eigenvalue weighted by atomic mass is 10.2. The zero-order chi connectivity index (χ0) is 14.8. The second-order valence-electron chi connectivity index (χ2n) is 4.11. The fraction of sp³-hybridized carbons (Fsp3) is 0.167. The minimum Gasteiger partial charge on any atom is -0.334 e. The Hall–Kier alpha value is -3.15. The molecule has 0 radical (unpaired) electrons. The van der Waals surface area contributed by atoms with Crippen LogP contribution in [-0.2, 0) is 6.42 Å². The van der Waals surface area contributed by atoms with Crippen LogP contribution in [0.4, 0.5) is 4.39 Å². The van der Waals surface area contributed by atoms with E-state index in [4.69, 9.17) is 9.78 Å². The summed E-state index contributed by atoms with van der Waals surface area (Å²) in [5.74, 6) is -0.477. The molecule has 3 rings (SSSR count). The minimum atomic E-state index is -0.658. The first-order chi connectivity index (χ1) is 10.2. The Balaban J connectivity index is 2.08. The monoisotopic (exact) mass is 285 g/mol. The van der Waals surface area contributed by atoms with E-state index >= 15 is 0 Å². The maximum absolute atomic E-state index is 14.5. The average molecular weight is 285 g/mol. The van der Waals surface area contributed by atoms with E-state index < -0.39 is 5.95 Å². The van der Waals surface area contributed by atoms with Crippen molar-refractivity contribution in [2.24, 2.45) is 0 Å². The van der Waals surface area contributed by atoms with Crippen LogP contribution in [0, 0.1) is 24.2 Å². The molecular weight excluding hydrogens is 277 g/mol. The first kappa shape index (κ1) is 12.9. The molecule has 0 aromatic carbocycles. The summed E-state index contributed by atoms with van der Waals surface area (Å²) < 4.78 is 20.5. The molecule has 0 aliphatic rings. The van der Waals surface area contributed by atoms with Crippen LogP contribution < -0.4 is 0 Å². The molecule has 0 saturated carbocycles. The normalized spacial score (nSPS) is 10.5. The highest BCUT2D eigenvalue weighted by Gasteiger charge is 2.23. The van der Waals surface area contributed by atoms with E-state index in [0.29, 0.717) is 11.4 Å². The van der Waals surface area contributed by atoms with Gasteiger partial charge in [0.15, 0.2) is 5.82 Å². The highest BCUT2D eigenvalue weighted by Crippen LogP contribution is 2.26. The molecule has 3 aromatic rings. The lowest BCUT2D eigenvalue weighted by Crippen LogP contribution is -2.01. The molecule has 3 aromatic heterocycles. The van der Waals surface area contributed by atoms with Crippen LogP contribution >= 0.6 is 0 Å². The van der Waals surface area contributed by atoms with E-state index in [-0.39, 0.29) is 23.7 Å². The van der Waals surface area contributed by atoms with E-state index in [9.17, 15) is 4.39 Å². The van der Waals surface area contributed by atoms with Crippen LogP contribution in [0.15, 0.2) is 23.2 Å². The van der Waals surface area contributed by atoms with E-state index in [1.54, 1.807) is 6.92 Å². The smallest absolute Gasteiger partial charge is 0.264 e. The summed E-state index contributed by atoms with van der Waals surface area (Å²) in [4.78, 5) is 11.6. The van der Waals surface area contributed by atoms with E-state index in [1.165, 1.54) is 18.7 Å². The maximum Gasteiger partial charge on any atom is 0.264 e. The second kappa shape index (κ2) is 5.09. The van der Waals surface area contributed by atoms with Crippen molar-refractivity contribution in [2.45, 2.75) is 13.3 Å². The first-order valence-corrected chi connectivity index (χ1v) is 5.91. The third-order valence-electron chi connectivity index (χ3n) is 2.71. The molecule has 0 spiro atoms. The van der Waals surface area contributed by atoms with Gasteiger partial charge in [0.2, 0.25) is 5.95 Å². The number of nitriles is 1. The topological polar surface area (TPSA) is 106 Å². The van der Waals surface area contributed by atoms with Gasteiger partial charge in [-0.05, 0) is 6.92 Å². The van der Waals surface area contributed by atoms with Crippen LogP contribution in [0.5, 0.6) is 0 Å². The first-order valence-electron chi connectivity index (χ1n) is 5.91. The molecule has 21 heavy (non-hydrogen) atoms. The molecular formula is C12H8FN7O. The third-order valence-corrected chi connectivity index (χ3v) is 2.71. The highest BCUT2D eigenvalue weighted by atomic mass is 19.1. The number of aromatic nitrogens is 6. The lowest BCUT2D eigenvalue weighted by Gasteiger charge is -1.99. The quantitative estimate of drug-likeness (QED) is 0.712. The number of halogens is 1. The van der Waals surface area contributed by atoms with Gasteiger partial charge in [0, 0.05) is 0 Å². The van der Waals surface area contributed by atoms with E-state index in [1.807, 2.05) is 6.07 Å². The molecule has 0 bridgehead atoms. The van der Waals surface area contributed by atoms with Crippen molar-refractivity contribution in [3.63, 3.8) is 0 Å². The number of hydrogen-bond acceptors (Lipinski definition) is 7. The van der Waals surface area contributed by atoms with Crippen molar-refractivity contribution in [1.29, 1.82) is 5.26 Å². The molecule has 0 unspecified atom stereocenters. The van der Waals surface area contributed by atoms with Crippen molar-refractivity contribution in [3.8, 4) is 23.2 Å². The summed E-state index contributed by atoms with van der Waals surface area (Å²) in [7, 11) is 0. The standard InChI is InChI=1S/C12H8FN7O/c1-7-10(12-17-9(2-3-14)19-21-12)11(13)20(18-7)8-4-15-6-16-5-8/h4-6H,2H2,1H3. The van der Waals surface area contributed by atoms with Gasteiger partial charge in [-0.3, -0.25) is 0 Å². The van der Waals surface area contributed by atoms with Crippen LogP contribution in [0.1, 0.15) is 11.5 Å². The Kier molecular flexibility index (Phi) is 3.12. The summed E-state index contributed by atoms with van der Waals surface area (Å²) in [5.41, 5.74) is 0.847. The molecule has 9 heteroatoms. The second-order valence-corrected chi connectivity index (χ2v) is 4.11.